The van der Waals surface area contributed by atoms with E-state index in [1.165, 1.54) is 0 Å². The number of fused-ring (bicyclic) bond motifs is 1. The summed E-state index contributed by atoms with van der Waals surface area (Å²) in [4.78, 5) is 12.0. The van der Waals surface area contributed by atoms with Crippen molar-refractivity contribution in [1.29, 1.82) is 0 Å². The highest BCUT2D eigenvalue weighted by Gasteiger charge is 2.22. The van der Waals surface area contributed by atoms with Crippen LogP contribution in [0.4, 0.5) is 4.79 Å². The number of hydrogen-bond acceptors (Lipinski definition) is 5. The van der Waals surface area contributed by atoms with Crippen LogP contribution in [0.3, 0.4) is 0 Å². The van der Waals surface area contributed by atoms with Crippen LogP contribution in [0.2, 0.25) is 0 Å². The first-order valence-electron chi connectivity index (χ1n) is 10.3. The third-order valence-electron chi connectivity index (χ3n) is 4.84. The van der Waals surface area contributed by atoms with Gasteiger partial charge >= 0.3 is 6.09 Å². The zero-order valence-corrected chi connectivity index (χ0v) is 17.4. The van der Waals surface area contributed by atoms with E-state index in [2.05, 4.69) is 5.32 Å². The van der Waals surface area contributed by atoms with Gasteiger partial charge in [0.2, 0.25) is 6.29 Å². The maximum absolute atomic E-state index is 12.0. The van der Waals surface area contributed by atoms with Crippen LogP contribution < -0.4 is 14.8 Å². The van der Waals surface area contributed by atoms with Gasteiger partial charge in [-0.25, -0.2) is 4.79 Å². The largest absolute Gasteiger partial charge is 0.494 e. The number of carbonyl (C=O) groups excluding carboxylic acids is 1. The van der Waals surface area contributed by atoms with E-state index in [1.54, 1.807) is 0 Å². The summed E-state index contributed by atoms with van der Waals surface area (Å²) in [5.41, 5.74) is 3.71. The highest BCUT2D eigenvalue weighted by atomic mass is 16.7. The van der Waals surface area contributed by atoms with Gasteiger partial charge in [-0.15, -0.1) is 0 Å². The molecule has 31 heavy (non-hydrogen) atoms. The number of alkyl carbamates (subject to hydrolysis) is 1. The Morgan fingerprint density at radius 1 is 1.03 bits per heavy atom. The molecule has 0 saturated carbocycles. The molecule has 160 valence electrons. The van der Waals surface area contributed by atoms with Crippen molar-refractivity contribution < 1.29 is 23.7 Å². The summed E-state index contributed by atoms with van der Waals surface area (Å²) in [6.07, 6.45) is -0.943. The van der Waals surface area contributed by atoms with E-state index < -0.39 is 12.4 Å². The van der Waals surface area contributed by atoms with Crippen LogP contribution in [0, 0.1) is 0 Å². The number of carbonyl (C=O) groups is 1. The Balaban J connectivity index is 1.31. The Morgan fingerprint density at radius 2 is 1.90 bits per heavy atom. The average Bonchev–Trinajstić information content (AvgIpc) is 2.82. The molecule has 1 atom stereocenters. The van der Waals surface area contributed by atoms with Crippen LogP contribution in [0.1, 0.15) is 35.5 Å². The second kappa shape index (κ2) is 10.00. The molecule has 3 aromatic carbocycles. The second-order valence-corrected chi connectivity index (χ2v) is 7.12. The van der Waals surface area contributed by atoms with Crippen molar-refractivity contribution >= 4 is 6.09 Å². The summed E-state index contributed by atoms with van der Waals surface area (Å²) < 4.78 is 22.8. The minimum atomic E-state index is -0.487. The smallest absolute Gasteiger partial charge is 0.407 e. The first kappa shape index (κ1) is 20.8. The zero-order valence-electron chi connectivity index (χ0n) is 17.4. The van der Waals surface area contributed by atoms with E-state index in [0.29, 0.717) is 19.8 Å². The molecular weight excluding hydrogens is 394 g/mol. The van der Waals surface area contributed by atoms with Crippen molar-refractivity contribution in [2.75, 3.05) is 6.61 Å². The Labute approximate surface area is 181 Å². The van der Waals surface area contributed by atoms with Crippen LogP contribution in [-0.4, -0.2) is 12.7 Å². The average molecular weight is 419 g/mol. The summed E-state index contributed by atoms with van der Waals surface area (Å²) in [6.45, 7) is 3.57. The summed E-state index contributed by atoms with van der Waals surface area (Å²) in [6, 6.07) is 23.1. The quantitative estimate of drug-likeness (QED) is 0.576. The SMILES string of the molecule is CCOc1cccc(C2OCc3cc(COC(=O)NCc4ccccc4)ccc3O2)c1. The van der Waals surface area contributed by atoms with Crippen molar-refractivity contribution in [2.45, 2.75) is 33.0 Å². The molecule has 6 nitrogen and oxygen atoms in total. The topological polar surface area (TPSA) is 66.0 Å². The lowest BCUT2D eigenvalue weighted by Gasteiger charge is -2.27. The molecule has 0 aromatic heterocycles. The molecule has 1 unspecified atom stereocenters. The first-order valence-corrected chi connectivity index (χ1v) is 10.3. The van der Waals surface area contributed by atoms with Gasteiger partial charge in [0, 0.05) is 17.7 Å². The first-order chi connectivity index (χ1) is 15.2. The number of amides is 1. The molecule has 6 heteroatoms. The maximum atomic E-state index is 12.0. The van der Waals surface area contributed by atoms with Gasteiger partial charge in [-0.05, 0) is 42.3 Å². The standard InChI is InChI=1S/C25H25NO5/c1-2-28-22-10-6-9-20(14-22)24-29-17-21-13-19(11-12-23(21)31-24)16-30-25(27)26-15-18-7-4-3-5-8-18/h3-14,24H,2,15-17H2,1H3,(H,26,27). The van der Waals surface area contributed by atoms with Crippen LogP contribution in [0.15, 0.2) is 72.8 Å². The molecule has 1 aliphatic heterocycles. The minimum absolute atomic E-state index is 0.174. The maximum Gasteiger partial charge on any atom is 0.407 e. The number of rotatable bonds is 7. The normalized spacial score (nSPS) is 14.8. The lowest BCUT2D eigenvalue weighted by Crippen LogP contribution is -2.23. The predicted octanol–water partition coefficient (Wildman–Crippen LogP) is 5.12. The number of hydrogen-bond donors (Lipinski definition) is 1. The molecule has 0 aliphatic carbocycles. The summed E-state index contributed by atoms with van der Waals surface area (Å²) in [5, 5.41) is 2.75. The number of ether oxygens (including phenoxy) is 4. The lowest BCUT2D eigenvalue weighted by atomic mass is 10.1. The highest BCUT2D eigenvalue weighted by Crippen LogP contribution is 2.34. The van der Waals surface area contributed by atoms with Gasteiger partial charge in [-0.3, -0.25) is 0 Å². The molecule has 0 saturated heterocycles. The summed E-state index contributed by atoms with van der Waals surface area (Å²) in [5.74, 6) is 1.55. The van der Waals surface area contributed by atoms with Gasteiger partial charge < -0.3 is 24.3 Å². The van der Waals surface area contributed by atoms with Crippen molar-refractivity contribution in [2.24, 2.45) is 0 Å². The fourth-order valence-corrected chi connectivity index (χ4v) is 3.32. The van der Waals surface area contributed by atoms with Crippen LogP contribution >= 0.6 is 0 Å². The van der Waals surface area contributed by atoms with E-state index in [-0.39, 0.29) is 6.61 Å². The van der Waals surface area contributed by atoms with Gasteiger partial charge in [0.1, 0.15) is 18.1 Å². The molecular formula is C25H25NO5. The van der Waals surface area contributed by atoms with Gasteiger partial charge in [0.15, 0.2) is 0 Å². The van der Waals surface area contributed by atoms with Crippen molar-refractivity contribution in [3.05, 3.63) is 95.1 Å². The molecule has 0 bridgehead atoms. The fourth-order valence-electron chi connectivity index (χ4n) is 3.32. The Kier molecular flexibility index (Phi) is 6.69. The zero-order chi connectivity index (χ0) is 21.5. The molecule has 1 aliphatic rings. The molecule has 0 fully saturated rings. The van der Waals surface area contributed by atoms with Crippen molar-refractivity contribution in [3.63, 3.8) is 0 Å². The second-order valence-electron chi connectivity index (χ2n) is 7.12. The Morgan fingerprint density at radius 3 is 2.74 bits per heavy atom. The molecule has 3 aromatic rings. The van der Waals surface area contributed by atoms with Crippen LogP contribution in [-0.2, 0) is 29.2 Å². The van der Waals surface area contributed by atoms with Crippen molar-refractivity contribution in [3.8, 4) is 11.5 Å². The molecule has 1 N–H and O–H groups in total. The van der Waals surface area contributed by atoms with Gasteiger partial charge in [0.05, 0.1) is 13.2 Å². The number of benzene rings is 3. The number of nitrogens with one attached hydrogen (secondary N) is 1. The Hall–Kier alpha value is -3.51. The Bertz CT molecular complexity index is 1020. The van der Waals surface area contributed by atoms with E-state index in [0.717, 1.165) is 33.8 Å². The lowest BCUT2D eigenvalue weighted by molar-refractivity contribution is -0.111. The molecule has 0 spiro atoms. The van der Waals surface area contributed by atoms with E-state index in [4.69, 9.17) is 18.9 Å². The molecule has 1 heterocycles. The molecule has 1 amide bonds. The van der Waals surface area contributed by atoms with E-state index >= 15 is 0 Å². The van der Waals surface area contributed by atoms with E-state index in [9.17, 15) is 4.79 Å². The summed E-state index contributed by atoms with van der Waals surface area (Å²) in [7, 11) is 0. The van der Waals surface area contributed by atoms with Crippen LogP contribution in [0.5, 0.6) is 11.5 Å². The van der Waals surface area contributed by atoms with Crippen LogP contribution in [0.25, 0.3) is 0 Å². The predicted molar refractivity (Wildman–Crippen MR) is 116 cm³/mol. The van der Waals surface area contributed by atoms with E-state index in [1.807, 2.05) is 79.7 Å². The minimum Gasteiger partial charge on any atom is -0.494 e. The third kappa shape index (κ3) is 5.55. The third-order valence-corrected chi connectivity index (χ3v) is 4.84. The molecule has 0 radical (unpaired) electrons. The monoisotopic (exact) mass is 419 g/mol. The van der Waals surface area contributed by atoms with Crippen molar-refractivity contribution in [1.82, 2.24) is 5.32 Å². The van der Waals surface area contributed by atoms with Gasteiger partial charge in [0.25, 0.3) is 0 Å². The highest BCUT2D eigenvalue weighted by molar-refractivity contribution is 5.67. The van der Waals surface area contributed by atoms with Gasteiger partial charge in [-0.1, -0.05) is 48.5 Å². The summed E-state index contributed by atoms with van der Waals surface area (Å²) >= 11 is 0. The van der Waals surface area contributed by atoms with Gasteiger partial charge in [-0.2, -0.15) is 0 Å². The fraction of sp³-hybridized carbons (Fsp3) is 0.240. The molecule has 4 rings (SSSR count).